The molecule has 2 aromatic carbocycles. The molecule has 3 N–H and O–H groups in total. The molecule has 2 rings (SSSR count). The molecule has 0 aliphatic carbocycles. The first-order chi connectivity index (χ1) is 8.63. The second-order valence-electron chi connectivity index (χ2n) is 3.79. The topological polar surface area (TPSA) is 38.0 Å². The zero-order valence-electron chi connectivity index (χ0n) is 9.33. The molecule has 0 aromatic heterocycles. The molecule has 0 spiro atoms. The highest BCUT2D eigenvalue weighted by Gasteiger charge is 2.17. The molecule has 1 unspecified atom stereocenters. The van der Waals surface area contributed by atoms with Gasteiger partial charge < -0.3 is 0 Å². The molecule has 0 aliphatic heterocycles. The van der Waals surface area contributed by atoms with Gasteiger partial charge in [-0.1, -0.05) is 45.7 Å². The quantitative estimate of drug-likeness (QED) is 0.428. The van der Waals surface area contributed by atoms with E-state index in [2.05, 4.69) is 50.0 Å². The van der Waals surface area contributed by atoms with Crippen molar-refractivity contribution < 1.29 is 0 Å². The predicted molar refractivity (Wildman–Crippen MR) is 87.5 cm³/mol. The number of benzene rings is 2. The normalized spacial score (nSPS) is 12.4. The molecular weight excluding hydrogens is 426 g/mol. The molecule has 2 nitrogen and oxygen atoms in total. The van der Waals surface area contributed by atoms with E-state index in [1.165, 1.54) is 0 Å². The Bertz CT molecular complexity index is 562. The van der Waals surface area contributed by atoms with Crippen molar-refractivity contribution >= 4 is 50.1 Å². The number of halogens is 3. The summed E-state index contributed by atoms with van der Waals surface area (Å²) < 4.78 is 2.16. The first kappa shape index (κ1) is 14.3. The molecule has 1 atom stereocenters. The predicted octanol–water partition coefficient (Wildman–Crippen LogP) is 4.26. The van der Waals surface area contributed by atoms with Crippen LogP contribution in [-0.2, 0) is 0 Å². The number of hydrogen-bond acceptors (Lipinski definition) is 2. The minimum absolute atomic E-state index is 0.122. The average Bonchev–Trinajstić information content (AvgIpc) is 2.36. The van der Waals surface area contributed by atoms with Crippen LogP contribution in [-0.4, -0.2) is 0 Å². The Morgan fingerprint density at radius 3 is 2.56 bits per heavy atom. The Balaban J connectivity index is 2.52. The van der Waals surface area contributed by atoms with Gasteiger partial charge >= 0.3 is 0 Å². The van der Waals surface area contributed by atoms with Crippen LogP contribution in [0.4, 0.5) is 0 Å². The summed E-state index contributed by atoms with van der Waals surface area (Å²) in [4.78, 5) is 0. The summed E-state index contributed by atoms with van der Waals surface area (Å²) >= 11 is 12.0. The maximum absolute atomic E-state index is 6.23. The second-order valence-corrected chi connectivity index (χ2v) is 6.27. The molecule has 2 aromatic rings. The summed E-state index contributed by atoms with van der Waals surface area (Å²) in [7, 11) is 0. The van der Waals surface area contributed by atoms with Crippen molar-refractivity contribution in [1.82, 2.24) is 5.43 Å². The summed E-state index contributed by atoms with van der Waals surface area (Å²) in [5.41, 5.74) is 4.90. The number of hydrazine groups is 1. The molecule has 94 valence electrons. The molecule has 5 heteroatoms. The van der Waals surface area contributed by atoms with Gasteiger partial charge in [-0.3, -0.25) is 5.84 Å². The highest BCUT2D eigenvalue weighted by Crippen LogP contribution is 2.31. The lowest BCUT2D eigenvalue weighted by molar-refractivity contribution is 0.634. The van der Waals surface area contributed by atoms with Crippen molar-refractivity contribution in [2.24, 2.45) is 5.84 Å². The van der Waals surface area contributed by atoms with E-state index in [0.29, 0.717) is 5.02 Å². The van der Waals surface area contributed by atoms with Gasteiger partial charge in [0.05, 0.1) is 6.04 Å². The van der Waals surface area contributed by atoms with E-state index in [9.17, 15) is 0 Å². The van der Waals surface area contributed by atoms with Crippen molar-refractivity contribution in [3.8, 4) is 0 Å². The fourth-order valence-electron chi connectivity index (χ4n) is 1.79. The lowest BCUT2D eigenvalue weighted by atomic mass is 9.99. The van der Waals surface area contributed by atoms with Crippen LogP contribution in [0.3, 0.4) is 0 Å². The van der Waals surface area contributed by atoms with Crippen molar-refractivity contribution in [2.45, 2.75) is 6.04 Å². The standard InChI is InChI=1S/C13H11BrClIN2/c14-8-5-6-12(16)10(7-8)13(18-17)9-3-1-2-4-11(9)15/h1-7,13,18H,17H2. The zero-order chi connectivity index (χ0) is 13.1. The molecule has 0 saturated carbocycles. The van der Waals surface area contributed by atoms with Crippen LogP contribution in [0.25, 0.3) is 0 Å². The van der Waals surface area contributed by atoms with Gasteiger partial charge in [0.15, 0.2) is 0 Å². The molecule has 0 fully saturated rings. The maximum atomic E-state index is 6.23. The minimum atomic E-state index is -0.122. The van der Waals surface area contributed by atoms with Crippen molar-refractivity contribution in [3.05, 3.63) is 66.7 Å². The van der Waals surface area contributed by atoms with Gasteiger partial charge in [-0.25, -0.2) is 5.43 Å². The van der Waals surface area contributed by atoms with Crippen molar-refractivity contribution in [1.29, 1.82) is 0 Å². The molecule has 0 radical (unpaired) electrons. The SMILES string of the molecule is NNC(c1ccccc1Cl)c1cc(Br)ccc1I. The molecule has 0 bridgehead atoms. The van der Waals surface area contributed by atoms with Crippen LogP contribution in [0.2, 0.25) is 5.02 Å². The van der Waals surface area contributed by atoms with E-state index < -0.39 is 0 Å². The smallest absolute Gasteiger partial charge is 0.0735 e. The summed E-state index contributed by atoms with van der Waals surface area (Å²) in [5.74, 6) is 5.70. The van der Waals surface area contributed by atoms with E-state index >= 15 is 0 Å². The third-order valence-electron chi connectivity index (χ3n) is 2.65. The van der Waals surface area contributed by atoms with Gasteiger partial charge in [0.1, 0.15) is 0 Å². The van der Waals surface area contributed by atoms with Crippen LogP contribution >= 0.6 is 50.1 Å². The van der Waals surface area contributed by atoms with E-state index in [4.69, 9.17) is 17.4 Å². The first-order valence-electron chi connectivity index (χ1n) is 5.29. The highest BCUT2D eigenvalue weighted by molar-refractivity contribution is 14.1. The summed E-state index contributed by atoms with van der Waals surface area (Å²) in [6.45, 7) is 0. The lowest BCUT2D eigenvalue weighted by Crippen LogP contribution is -2.29. The largest absolute Gasteiger partial charge is 0.271 e. The van der Waals surface area contributed by atoms with Gasteiger partial charge in [-0.15, -0.1) is 0 Å². The molecule has 18 heavy (non-hydrogen) atoms. The summed E-state index contributed by atoms with van der Waals surface area (Å²) in [6, 6.07) is 13.7. The first-order valence-corrected chi connectivity index (χ1v) is 7.54. The van der Waals surface area contributed by atoms with Crippen LogP contribution in [0.5, 0.6) is 0 Å². The number of hydrogen-bond donors (Lipinski definition) is 2. The number of rotatable bonds is 3. The third-order valence-corrected chi connectivity index (χ3v) is 4.47. The molecule has 0 heterocycles. The summed E-state index contributed by atoms with van der Waals surface area (Å²) in [5, 5.41) is 0.705. The fourth-order valence-corrected chi connectivity index (χ4v) is 3.06. The van der Waals surface area contributed by atoms with Gasteiger partial charge in [-0.05, 0) is 58.0 Å². The Hall–Kier alpha value is -0.140. The van der Waals surface area contributed by atoms with Crippen molar-refractivity contribution in [2.75, 3.05) is 0 Å². The Morgan fingerprint density at radius 2 is 1.89 bits per heavy atom. The van der Waals surface area contributed by atoms with Gasteiger partial charge in [0.2, 0.25) is 0 Å². The minimum Gasteiger partial charge on any atom is -0.271 e. The van der Waals surface area contributed by atoms with E-state index in [0.717, 1.165) is 19.2 Å². The maximum Gasteiger partial charge on any atom is 0.0735 e. The van der Waals surface area contributed by atoms with E-state index in [1.54, 1.807) is 0 Å². The molecule has 0 amide bonds. The van der Waals surface area contributed by atoms with Crippen LogP contribution < -0.4 is 11.3 Å². The van der Waals surface area contributed by atoms with Crippen LogP contribution in [0.15, 0.2) is 46.9 Å². The molecule has 0 saturated heterocycles. The fraction of sp³-hybridized carbons (Fsp3) is 0.0769. The Kier molecular flexibility index (Phi) is 5.03. The van der Waals surface area contributed by atoms with Crippen LogP contribution in [0, 0.1) is 3.57 Å². The Morgan fingerprint density at radius 1 is 1.17 bits per heavy atom. The Labute approximate surface area is 133 Å². The van der Waals surface area contributed by atoms with Crippen molar-refractivity contribution in [3.63, 3.8) is 0 Å². The highest BCUT2D eigenvalue weighted by atomic mass is 127. The molecule has 0 aliphatic rings. The van der Waals surface area contributed by atoms with Gasteiger partial charge in [-0.2, -0.15) is 0 Å². The zero-order valence-corrected chi connectivity index (χ0v) is 13.8. The van der Waals surface area contributed by atoms with Gasteiger partial charge in [0, 0.05) is 13.1 Å². The molecular formula is C13H11BrClIN2. The van der Waals surface area contributed by atoms with Crippen LogP contribution in [0.1, 0.15) is 17.2 Å². The third kappa shape index (κ3) is 3.05. The van der Waals surface area contributed by atoms with E-state index in [1.807, 2.05) is 36.4 Å². The monoisotopic (exact) mass is 436 g/mol. The lowest BCUT2D eigenvalue weighted by Gasteiger charge is -2.19. The van der Waals surface area contributed by atoms with Gasteiger partial charge in [0.25, 0.3) is 0 Å². The van der Waals surface area contributed by atoms with E-state index in [-0.39, 0.29) is 6.04 Å². The summed E-state index contributed by atoms with van der Waals surface area (Å²) in [6.07, 6.45) is 0. The number of nitrogens with two attached hydrogens (primary N) is 1. The number of nitrogens with one attached hydrogen (secondary N) is 1. The average molecular weight is 438 g/mol. The second kappa shape index (κ2) is 6.34.